The molecule has 0 aromatic heterocycles. The van der Waals surface area contributed by atoms with Crippen LogP contribution in [-0.4, -0.2) is 13.1 Å². The molecule has 1 aromatic carbocycles. The molecule has 102 valence electrons. The van der Waals surface area contributed by atoms with Gasteiger partial charge in [-0.1, -0.05) is 6.07 Å². The van der Waals surface area contributed by atoms with Gasteiger partial charge in [-0.15, -0.1) is 12.4 Å². The summed E-state index contributed by atoms with van der Waals surface area (Å²) in [5.74, 6) is -2.33. The Morgan fingerprint density at radius 2 is 1.94 bits per heavy atom. The van der Waals surface area contributed by atoms with E-state index in [-0.39, 0.29) is 18.0 Å². The normalized spacial score (nSPS) is 12.6. The lowest BCUT2D eigenvalue weighted by molar-refractivity contribution is -0.142. The lowest BCUT2D eigenvalue weighted by Crippen LogP contribution is -2.23. The highest BCUT2D eigenvalue weighted by Gasteiger charge is 2.34. The minimum atomic E-state index is -4.78. The SMILES string of the molecule is COC(=O)[C@H](N)c1ccc(C(F)(F)F)c(F)c1.Cl. The van der Waals surface area contributed by atoms with Crippen molar-refractivity contribution < 1.29 is 27.1 Å². The molecule has 18 heavy (non-hydrogen) atoms. The maximum Gasteiger partial charge on any atom is 0.419 e. The molecule has 0 radical (unpaired) electrons. The average molecular weight is 288 g/mol. The van der Waals surface area contributed by atoms with Gasteiger partial charge in [0.15, 0.2) is 0 Å². The first-order chi connectivity index (χ1) is 7.77. The van der Waals surface area contributed by atoms with Gasteiger partial charge in [0.1, 0.15) is 11.9 Å². The summed E-state index contributed by atoms with van der Waals surface area (Å²) in [5.41, 5.74) is 3.87. The van der Waals surface area contributed by atoms with E-state index in [2.05, 4.69) is 4.74 Å². The molecule has 2 N–H and O–H groups in total. The monoisotopic (exact) mass is 287 g/mol. The molecule has 1 atom stereocenters. The molecule has 1 rings (SSSR count). The number of methoxy groups -OCH3 is 1. The van der Waals surface area contributed by atoms with Gasteiger partial charge in [-0.05, 0) is 17.7 Å². The third-order valence-electron chi connectivity index (χ3n) is 2.11. The van der Waals surface area contributed by atoms with Gasteiger partial charge >= 0.3 is 12.1 Å². The quantitative estimate of drug-likeness (QED) is 0.671. The summed E-state index contributed by atoms with van der Waals surface area (Å²) >= 11 is 0. The third kappa shape index (κ3) is 3.58. The fraction of sp³-hybridized carbons (Fsp3) is 0.300. The maximum absolute atomic E-state index is 13.1. The Kier molecular flexibility index (Phi) is 5.56. The Morgan fingerprint density at radius 3 is 2.33 bits per heavy atom. The summed E-state index contributed by atoms with van der Waals surface area (Å²) in [7, 11) is 1.07. The number of nitrogens with two attached hydrogens (primary N) is 1. The van der Waals surface area contributed by atoms with Crippen LogP contribution in [0.1, 0.15) is 17.2 Å². The second kappa shape index (κ2) is 6.01. The van der Waals surface area contributed by atoms with Crippen molar-refractivity contribution in [1.29, 1.82) is 0 Å². The molecular weight excluding hydrogens is 278 g/mol. The van der Waals surface area contributed by atoms with Gasteiger partial charge in [0.2, 0.25) is 0 Å². The molecule has 3 nitrogen and oxygen atoms in total. The van der Waals surface area contributed by atoms with Crippen LogP contribution in [0.3, 0.4) is 0 Å². The van der Waals surface area contributed by atoms with E-state index < -0.39 is 29.6 Å². The number of halogens is 5. The van der Waals surface area contributed by atoms with Gasteiger partial charge in [-0.2, -0.15) is 13.2 Å². The molecule has 0 amide bonds. The predicted octanol–water partition coefficient (Wildman–Crippen LogP) is 2.44. The van der Waals surface area contributed by atoms with Gasteiger partial charge in [-0.25, -0.2) is 4.39 Å². The number of ether oxygens (including phenoxy) is 1. The highest BCUT2D eigenvalue weighted by atomic mass is 35.5. The Hall–Kier alpha value is -1.34. The van der Waals surface area contributed by atoms with Crippen LogP contribution in [0.5, 0.6) is 0 Å². The molecule has 0 saturated carbocycles. The zero-order valence-corrected chi connectivity index (χ0v) is 9.94. The van der Waals surface area contributed by atoms with Crippen molar-refractivity contribution in [3.8, 4) is 0 Å². The lowest BCUT2D eigenvalue weighted by Gasteiger charge is -2.12. The van der Waals surface area contributed by atoms with Crippen LogP contribution in [0.15, 0.2) is 18.2 Å². The highest BCUT2D eigenvalue weighted by molar-refractivity contribution is 5.85. The van der Waals surface area contributed by atoms with E-state index >= 15 is 0 Å². The van der Waals surface area contributed by atoms with E-state index in [9.17, 15) is 22.4 Å². The van der Waals surface area contributed by atoms with E-state index in [0.717, 1.165) is 13.2 Å². The molecule has 0 heterocycles. The first-order valence-electron chi connectivity index (χ1n) is 4.47. The van der Waals surface area contributed by atoms with Crippen molar-refractivity contribution in [2.24, 2.45) is 5.73 Å². The zero-order chi connectivity index (χ0) is 13.2. The number of hydrogen-bond donors (Lipinski definition) is 1. The Morgan fingerprint density at radius 1 is 1.39 bits per heavy atom. The fourth-order valence-corrected chi connectivity index (χ4v) is 1.22. The van der Waals surface area contributed by atoms with Crippen molar-refractivity contribution in [2.75, 3.05) is 7.11 Å². The predicted molar refractivity (Wildman–Crippen MR) is 57.6 cm³/mol. The minimum Gasteiger partial charge on any atom is -0.468 e. The highest BCUT2D eigenvalue weighted by Crippen LogP contribution is 2.32. The van der Waals surface area contributed by atoms with Gasteiger partial charge in [-0.3, -0.25) is 4.79 Å². The standard InChI is InChI=1S/C10H9F4NO2.ClH/c1-17-9(16)8(15)5-2-3-6(7(11)4-5)10(12,13)14;/h2-4,8H,15H2,1H3;1H/t8-;/m1./s1. The number of benzene rings is 1. The summed E-state index contributed by atoms with van der Waals surface area (Å²) in [6.07, 6.45) is -4.78. The molecule has 8 heteroatoms. The van der Waals surface area contributed by atoms with Crippen molar-refractivity contribution in [3.63, 3.8) is 0 Å². The summed E-state index contributed by atoms with van der Waals surface area (Å²) in [5, 5.41) is 0. The molecule has 0 aliphatic heterocycles. The maximum atomic E-state index is 13.1. The lowest BCUT2D eigenvalue weighted by atomic mass is 10.0. The van der Waals surface area contributed by atoms with E-state index in [0.29, 0.717) is 12.1 Å². The smallest absolute Gasteiger partial charge is 0.419 e. The van der Waals surface area contributed by atoms with Gasteiger partial charge < -0.3 is 10.5 Å². The van der Waals surface area contributed by atoms with Crippen LogP contribution in [0, 0.1) is 5.82 Å². The number of hydrogen-bond acceptors (Lipinski definition) is 3. The second-order valence-corrected chi connectivity index (χ2v) is 3.24. The van der Waals surface area contributed by atoms with Crippen molar-refractivity contribution in [3.05, 3.63) is 35.1 Å². The molecule has 0 bridgehead atoms. The van der Waals surface area contributed by atoms with Crippen LogP contribution >= 0.6 is 12.4 Å². The van der Waals surface area contributed by atoms with Gasteiger partial charge in [0, 0.05) is 0 Å². The van der Waals surface area contributed by atoms with Crippen LogP contribution in [0.4, 0.5) is 17.6 Å². The zero-order valence-electron chi connectivity index (χ0n) is 9.12. The van der Waals surface area contributed by atoms with Gasteiger partial charge in [0.05, 0.1) is 12.7 Å². The first kappa shape index (κ1) is 16.7. The van der Waals surface area contributed by atoms with E-state index in [1.807, 2.05) is 0 Å². The summed E-state index contributed by atoms with van der Waals surface area (Å²) in [4.78, 5) is 11.0. The van der Waals surface area contributed by atoms with Crippen LogP contribution in [0.25, 0.3) is 0 Å². The van der Waals surface area contributed by atoms with Crippen molar-refractivity contribution in [1.82, 2.24) is 0 Å². The number of alkyl halides is 3. The molecule has 0 unspecified atom stereocenters. The van der Waals surface area contributed by atoms with E-state index in [1.165, 1.54) is 0 Å². The summed E-state index contributed by atoms with van der Waals surface area (Å²) in [6.45, 7) is 0. The van der Waals surface area contributed by atoms with Crippen molar-refractivity contribution >= 4 is 18.4 Å². The van der Waals surface area contributed by atoms with Crippen molar-refractivity contribution in [2.45, 2.75) is 12.2 Å². The minimum absolute atomic E-state index is 0. The Balaban J connectivity index is 0.00000289. The number of esters is 1. The van der Waals surface area contributed by atoms with E-state index in [4.69, 9.17) is 5.73 Å². The fourth-order valence-electron chi connectivity index (χ4n) is 1.22. The van der Waals surface area contributed by atoms with Crippen LogP contribution in [0.2, 0.25) is 0 Å². The topological polar surface area (TPSA) is 52.3 Å². The van der Waals surface area contributed by atoms with Gasteiger partial charge in [0.25, 0.3) is 0 Å². The number of carbonyl (C=O) groups excluding carboxylic acids is 1. The molecule has 0 aliphatic rings. The van der Waals surface area contributed by atoms with Crippen LogP contribution < -0.4 is 5.73 Å². The Labute approximate surface area is 106 Å². The Bertz CT molecular complexity index is 436. The molecule has 0 saturated heterocycles. The molecule has 1 aromatic rings. The summed E-state index contributed by atoms with van der Waals surface area (Å²) < 4.78 is 54.2. The number of rotatable bonds is 2. The average Bonchev–Trinajstić information content (AvgIpc) is 2.25. The number of carbonyl (C=O) groups is 1. The first-order valence-corrected chi connectivity index (χ1v) is 4.47. The summed E-state index contributed by atoms with van der Waals surface area (Å²) in [6, 6.07) is 0.738. The van der Waals surface area contributed by atoms with Crippen LogP contribution in [-0.2, 0) is 15.7 Å². The largest absolute Gasteiger partial charge is 0.468 e. The third-order valence-corrected chi connectivity index (χ3v) is 2.11. The molecule has 0 fully saturated rings. The molecule has 0 spiro atoms. The second-order valence-electron chi connectivity index (χ2n) is 3.24. The molecule has 0 aliphatic carbocycles. The molecular formula is C10H10ClF4NO2. The van der Waals surface area contributed by atoms with E-state index in [1.54, 1.807) is 0 Å².